The molecule has 0 N–H and O–H groups in total. The van der Waals surface area contributed by atoms with Gasteiger partial charge in [0.2, 0.25) is 0 Å². The molecule has 0 aromatic carbocycles. The Morgan fingerprint density at radius 3 is 1.93 bits per heavy atom. The zero-order chi connectivity index (χ0) is 12.4. The molecule has 0 aliphatic rings. The largest absolute Gasteiger partial charge is 0.453 e. The molecule has 0 spiro atoms. The van der Waals surface area contributed by atoms with Crippen molar-refractivity contribution in [1.29, 1.82) is 0 Å². The molecule has 1 unspecified atom stereocenters. The average molecular weight is 287 g/mol. The summed E-state index contributed by atoms with van der Waals surface area (Å²) in [5.41, 5.74) is -1.25. The van der Waals surface area contributed by atoms with Crippen LogP contribution in [-0.4, -0.2) is 27.8 Å². The van der Waals surface area contributed by atoms with Gasteiger partial charge in [0.05, 0.1) is 0 Å². The number of carbonyl (C=O) groups excluding carboxylic acids is 2. The van der Waals surface area contributed by atoms with E-state index in [0.717, 1.165) is 6.92 Å². The molecule has 0 aromatic rings. The van der Waals surface area contributed by atoms with E-state index in [9.17, 15) is 22.8 Å². The topological polar surface area (TPSA) is 43.4 Å². The summed E-state index contributed by atoms with van der Waals surface area (Å²) in [6, 6.07) is 0. The highest BCUT2D eigenvalue weighted by molar-refractivity contribution is 6.67. The molecule has 0 saturated carbocycles. The number of ketones is 1. The second-order valence-electron chi connectivity index (χ2n) is 2.35. The van der Waals surface area contributed by atoms with E-state index in [2.05, 4.69) is 4.74 Å². The third kappa shape index (κ3) is 4.04. The molecule has 0 fully saturated rings. The number of rotatable bonds is 3. The average Bonchev–Trinajstić information content (AvgIpc) is 1.99. The lowest BCUT2D eigenvalue weighted by molar-refractivity contribution is -0.176. The molecular formula is C6H4Cl3F3O3. The summed E-state index contributed by atoms with van der Waals surface area (Å²) >= 11 is 15.0. The van der Waals surface area contributed by atoms with Gasteiger partial charge in [0.25, 0.3) is 10.1 Å². The van der Waals surface area contributed by atoms with E-state index in [1.807, 2.05) is 0 Å². The Morgan fingerprint density at radius 1 is 1.27 bits per heavy atom. The molecule has 0 amide bonds. The van der Waals surface area contributed by atoms with Gasteiger partial charge in [-0.3, -0.25) is 4.79 Å². The number of carbonyl (C=O) groups is 2. The molecule has 9 heteroatoms. The molecule has 0 aromatic heterocycles. The van der Waals surface area contributed by atoms with Gasteiger partial charge in [0.1, 0.15) is 0 Å². The molecule has 0 rings (SSSR count). The number of hydrogen-bond donors (Lipinski definition) is 0. The Bertz CT molecular complexity index is 275. The van der Waals surface area contributed by atoms with E-state index < -0.39 is 27.8 Å². The summed E-state index contributed by atoms with van der Waals surface area (Å²) in [6.45, 7) is 1.14. The second-order valence-corrected chi connectivity index (χ2v) is 4.29. The summed E-state index contributed by atoms with van der Waals surface area (Å²) in [4.78, 5) is 21.4. The lowest BCUT2D eigenvalue weighted by Gasteiger charge is -2.18. The molecule has 0 saturated heterocycles. The molecule has 0 radical (unpaired) electrons. The van der Waals surface area contributed by atoms with Crippen LogP contribution in [0.15, 0.2) is 0 Å². The van der Waals surface area contributed by atoms with Crippen molar-refractivity contribution in [3.05, 3.63) is 0 Å². The van der Waals surface area contributed by atoms with Crippen LogP contribution < -0.4 is 0 Å². The second kappa shape index (κ2) is 4.76. The minimum absolute atomic E-state index is 1.14. The minimum Gasteiger partial charge on any atom is -0.444 e. The maximum absolute atomic E-state index is 11.9. The van der Waals surface area contributed by atoms with Crippen LogP contribution in [0, 0.1) is 0 Å². The Balaban J connectivity index is 4.83. The standard InChI is InChI=1S/C6H4Cl3F3O3/c1-2(7)15-4(14)5(8,9)3(13)6(10,11)12/h2H,1H3. The fourth-order valence-corrected chi connectivity index (χ4v) is 0.876. The molecule has 0 aliphatic carbocycles. The van der Waals surface area contributed by atoms with Crippen molar-refractivity contribution in [3.63, 3.8) is 0 Å². The summed E-state index contributed by atoms with van der Waals surface area (Å²) in [6.07, 6.45) is -5.34. The summed E-state index contributed by atoms with van der Waals surface area (Å²) in [5, 5.41) is 0. The predicted octanol–water partition coefficient (Wildman–Crippen LogP) is 2.42. The van der Waals surface area contributed by atoms with Crippen molar-refractivity contribution >= 4 is 46.6 Å². The monoisotopic (exact) mass is 286 g/mol. The molecule has 0 bridgehead atoms. The number of Topliss-reactive ketones (excluding diaryl/α,β-unsaturated/α-hetero) is 1. The Labute approximate surface area is 97.4 Å². The zero-order valence-electron chi connectivity index (χ0n) is 7.07. The smallest absolute Gasteiger partial charge is 0.444 e. The molecule has 15 heavy (non-hydrogen) atoms. The highest BCUT2D eigenvalue weighted by atomic mass is 35.5. The van der Waals surface area contributed by atoms with E-state index in [-0.39, 0.29) is 0 Å². The fraction of sp³-hybridized carbons (Fsp3) is 0.667. The van der Waals surface area contributed by atoms with Crippen LogP contribution in [-0.2, 0) is 14.3 Å². The fourth-order valence-electron chi connectivity index (χ4n) is 0.492. The molecule has 1 atom stereocenters. The summed E-state index contributed by atoms with van der Waals surface area (Å²) in [7, 11) is 0. The first-order valence-electron chi connectivity index (χ1n) is 3.34. The molecule has 3 nitrogen and oxygen atoms in total. The van der Waals surface area contributed by atoms with Gasteiger partial charge in [-0.05, 0) is 6.92 Å². The highest BCUT2D eigenvalue weighted by Crippen LogP contribution is 2.33. The van der Waals surface area contributed by atoms with E-state index in [0.29, 0.717) is 0 Å². The van der Waals surface area contributed by atoms with Gasteiger partial charge in [-0.2, -0.15) is 13.2 Å². The van der Waals surface area contributed by atoms with Gasteiger partial charge in [0.15, 0.2) is 5.56 Å². The number of hydrogen-bond acceptors (Lipinski definition) is 3. The van der Waals surface area contributed by atoms with Gasteiger partial charge >= 0.3 is 12.1 Å². The first-order chi connectivity index (χ1) is 6.49. The first kappa shape index (κ1) is 14.8. The first-order valence-corrected chi connectivity index (χ1v) is 4.53. The zero-order valence-corrected chi connectivity index (χ0v) is 9.34. The van der Waals surface area contributed by atoms with Crippen LogP contribution in [0.1, 0.15) is 6.92 Å². The number of esters is 1. The Hall–Kier alpha value is -0.200. The number of halogens is 6. The SMILES string of the molecule is CC(Cl)OC(=O)C(Cl)(Cl)C(=O)C(F)(F)F. The highest BCUT2D eigenvalue weighted by Gasteiger charge is 2.57. The molecule has 88 valence electrons. The van der Waals surface area contributed by atoms with E-state index in [1.165, 1.54) is 0 Å². The van der Waals surface area contributed by atoms with Crippen molar-refractivity contribution in [1.82, 2.24) is 0 Å². The van der Waals surface area contributed by atoms with Crippen LogP contribution in [0.3, 0.4) is 0 Å². The van der Waals surface area contributed by atoms with Crippen molar-refractivity contribution in [2.45, 2.75) is 23.0 Å². The normalized spacial score (nSPS) is 14.6. The third-order valence-corrected chi connectivity index (χ3v) is 1.81. The Morgan fingerprint density at radius 2 is 1.67 bits per heavy atom. The lowest BCUT2D eigenvalue weighted by Crippen LogP contribution is -2.45. The molecular weight excluding hydrogens is 283 g/mol. The quantitative estimate of drug-likeness (QED) is 0.455. The maximum Gasteiger partial charge on any atom is 0.453 e. The van der Waals surface area contributed by atoms with Gasteiger partial charge in [0, 0.05) is 0 Å². The number of alkyl halides is 6. The predicted molar refractivity (Wildman–Crippen MR) is 46.9 cm³/mol. The lowest BCUT2D eigenvalue weighted by atomic mass is 10.2. The maximum atomic E-state index is 11.9. The third-order valence-electron chi connectivity index (χ3n) is 1.07. The number of ether oxygens (including phenoxy) is 1. The Kier molecular flexibility index (Phi) is 4.69. The van der Waals surface area contributed by atoms with E-state index in [4.69, 9.17) is 34.8 Å². The van der Waals surface area contributed by atoms with Crippen molar-refractivity contribution in [3.8, 4) is 0 Å². The van der Waals surface area contributed by atoms with Crippen LogP contribution in [0.2, 0.25) is 0 Å². The van der Waals surface area contributed by atoms with Crippen LogP contribution >= 0.6 is 34.8 Å². The van der Waals surface area contributed by atoms with E-state index >= 15 is 0 Å². The van der Waals surface area contributed by atoms with Crippen molar-refractivity contribution in [2.24, 2.45) is 0 Å². The summed E-state index contributed by atoms with van der Waals surface area (Å²) in [5.74, 6) is -4.39. The molecule has 0 heterocycles. The minimum atomic E-state index is -5.34. The van der Waals surface area contributed by atoms with Crippen LogP contribution in [0.4, 0.5) is 13.2 Å². The van der Waals surface area contributed by atoms with Crippen LogP contribution in [0.25, 0.3) is 0 Å². The van der Waals surface area contributed by atoms with Crippen LogP contribution in [0.5, 0.6) is 0 Å². The van der Waals surface area contributed by atoms with Gasteiger partial charge in [-0.1, -0.05) is 34.8 Å². The summed E-state index contributed by atoms with van der Waals surface area (Å²) < 4.78 is 36.4. The van der Waals surface area contributed by atoms with E-state index in [1.54, 1.807) is 0 Å². The molecule has 0 aliphatic heterocycles. The van der Waals surface area contributed by atoms with Crippen molar-refractivity contribution in [2.75, 3.05) is 0 Å². The van der Waals surface area contributed by atoms with Gasteiger partial charge in [-0.25, -0.2) is 4.79 Å². The van der Waals surface area contributed by atoms with Gasteiger partial charge in [-0.15, -0.1) is 0 Å². The van der Waals surface area contributed by atoms with Gasteiger partial charge < -0.3 is 4.74 Å². The van der Waals surface area contributed by atoms with Crippen molar-refractivity contribution < 1.29 is 27.5 Å².